The summed E-state index contributed by atoms with van der Waals surface area (Å²) in [5.74, 6) is 1.49. The zero-order valence-corrected chi connectivity index (χ0v) is 19.5. The van der Waals surface area contributed by atoms with Gasteiger partial charge in [-0.3, -0.25) is 0 Å². The molecule has 0 radical (unpaired) electrons. The fourth-order valence-electron chi connectivity index (χ4n) is 4.37. The van der Waals surface area contributed by atoms with Crippen molar-refractivity contribution in [3.8, 4) is 0 Å². The van der Waals surface area contributed by atoms with E-state index in [4.69, 9.17) is 0 Å². The van der Waals surface area contributed by atoms with Crippen molar-refractivity contribution in [3.63, 3.8) is 0 Å². The Balaban J connectivity index is 1.46. The van der Waals surface area contributed by atoms with Crippen molar-refractivity contribution in [3.05, 3.63) is 83.3 Å². The summed E-state index contributed by atoms with van der Waals surface area (Å²) >= 11 is 0. The molecule has 2 aromatic heterocycles. The normalized spacial score (nSPS) is 15.3. The van der Waals surface area contributed by atoms with Gasteiger partial charge in [0.15, 0.2) is 0 Å². The van der Waals surface area contributed by atoms with Crippen molar-refractivity contribution < 1.29 is 8.42 Å². The lowest BCUT2D eigenvalue weighted by Crippen LogP contribution is -2.49. The van der Waals surface area contributed by atoms with Gasteiger partial charge < -0.3 is 4.90 Å². The summed E-state index contributed by atoms with van der Waals surface area (Å²) in [4.78, 5) is 11.5. The van der Waals surface area contributed by atoms with Crippen LogP contribution in [-0.2, 0) is 16.4 Å². The first-order valence-corrected chi connectivity index (χ1v) is 12.4. The molecule has 0 saturated carbocycles. The Hall–Kier alpha value is -3.30. The predicted octanol–water partition coefficient (Wildman–Crippen LogP) is 2.84. The van der Waals surface area contributed by atoms with E-state index in [0.29, 0.717) is 43.3 Å². The van der Waals surface area contributed by atoms with Crippen molar-refractivity contribution in [1.29, 1.82) is 0 Å². The summed E-state index contributed by atoms with van der Waals surface area (Å²) in [7, 11) is -3.53. The van der Waals surface area contributed by atoms with Crippen LogP contribution >= 0.6 is 0 Å². The molecule has 170 valence electrons. The molecule has 5 rings (SSSR count). The number of benzene rings is 2. The minimum Gasteiger partial charge on any atom is -0.354 e. The van der Waals surface area contributed by atoms with Gasteiger partial charge >= 0.3 is 0 Å². The van der Waals surface area contributed by atoms with E-state index in [-0.39, 0.29) is 0 Å². The number of nitrogens with zero attached hydrogens (tertiary/aromatic N) is 6. The largest absolute Gasteiger partial charge is 0.354 e. The Morgan fingerprint density at radius 3 is 2.42 bits per heavy atom. The molecule has 2 aromatic carbocycles. The van der Waals surface area contributed by atoms with Gasteiger partial charge in [-0.2, -0.15) is 18.9 Å². The molecule has 0 N–H and O–H groups in total. The highest BCUT2D eigenvalue weighted by Gasteiger charge is 2.31. The SMILES string of the molecule is Cc1cccc(S(=O)(=O)N2CCN(c3c(Cc4ccccc4)c(C)nc4ncnn34)CC2)c1. The molecule has 0 atom stereocenters. The van der Waals surface area contributed by atoms with E-state index in [1.54, 1.807) is 27.0 Å². The third kappa shape index (κ3) is 4.09. The summed E-state index contributed by atoms with van der Waals surface area (Å²) < 4.78 is 29.7. The highest BCUT2D eigenvalue weighted by Crippen LogP contribution is 2.28. The molecule has 0 unspecified atom stereocenters. The molecule has 0 spiro atoms. The average Bonchev–Trinajstić information content (AvgIpc) is 3.28. The van der Waals surface area contributed by atoms with Crippen LogP contribution in [0.15, 0.2) is 65.8 Å². The Bertz CT molecular complexity index is 1390. The van der Waals surface area contributed by atoms with Gasteiger partial charge in [0.2, 0.25) is 10.0 Å². The van der Waals surface area contributed by atoms with Crippen LogP contribution in [0.4, 0.5) is 5.82 Å². The molecule has 1 saturated heterocycles. The molecule has 33 heavy (non-hydrogen) atoms. The number of anilines is 1. The highest BCUT2D eigenvalue weighted by molar-refractivity contribution is 7.89. The molecule has 0 bridgehead atoms. The molecule has 0 amide bonds. The predicted molar refractivity (Wildman–Crippen MR) is 127 cm³/mol. The number of hydrogen-bond donors (Lipinski definition) is 0. The summed E-state index contributed by atoms with van der Waals surface area (Å²) in [6.45, 7) is 5.82. The lowest BCUT2D eigenvalue weighted by molar-refractivity contribution is 0.382. The highest BCUT2D eigenvalue weighted by atomic mass is 32.2. The lowest BCUT2D eigenvalue weighted by atomic mass is 10.0. The van der Waals surface area contributed by atoms with E-state index in [9.17, 15) is 8.42 Å². The fraction of sp³-hybridized carbons (Fsp3) is 0.292. The topological polar surface area (TPSA) is 83.7 Å². The maximum absolute atomic E-state index is 13.2. The van der Waals surface area contributed by atoms with Crippen LogP contribution in [0.1, 0.15) is 22.4 Å². The van der Waals surface area contributed by atoms with Crippen LogP contribution in [-0.4, -0.2) is 58.5 Å². The third-order valence-electron chi connectivity index (χ3n) is 6.09. The van der Waals surface area contributed by atoms with Crippen LogP contribution in [0, 0.1) is 13.8 Å². The van der Waals surface area contributed by atoms with Crippen molar-refractivity contribution in [2.45, 2.75) is 25.2 Å². The van der Waals surface area contributed by atoms with Crippen LogP contribution in [0.25, 0.3) is 5.78 Å². The second kappa shape index (κ2) is 8.57. The van der Waals surface area contributed by atoms with Gasteiger partial charge in [0.1, 0.15) is 12.1 Å². The van der Waals surface area contributed by atoms with Crippen molar-refractivity contribution >= 4 is 21.6 Å². The van der Waals surface area contributed by atoms with E-state index in [1.807, 2.05) is 38.1 Å². The quantitative estimate of drug-likeness (QED) is 0.454. The van der Waals surface area contributed by atoms with E-state index in [2.05, 4.69) is 32.1 Å². The molecule has 1 aliphatic rings. The Morgan fingerprint density at radius 1 is 0.939 bits per heavy atom. The first-order valence-electron chi connectivity index (χ1n) is 11.0. The third-order valence-corrected chi connectivity index (χ3v) is 7.99. The smallest absolute Gasteiger partial charge is 0.254 e. The molecule has 9 heteroatoms. The van der Waals surface area contributed by atoms with Gasteiger partial charge in [0.05, 0.1) is 4.90 Å². The maximum atomic E-state index is 13.2. The van der Waals surface area contributed by atoms with Crippen molar-refractivity contribution in [1.82, 2.24) is 23.9 Å². The molecular formula is C24H26N6O2S. The Labute approximate surface area is 193 Å². The van der Waals surface area contributed by atoms with Crippen LogP contribution < -0.4 is 4.90 Å². The standard InChI is InChI=1S/C24H26N6O2S/c1-18-7-6-10-21(15-18)33(31,32)29-13-11-28(12-14-29)23-22(16-20-8-4-3-5-9-20)19(2)27-24-25-17-26-30(23)24/h3-10,15,17H,11-14,16H2,1-2H3. The maximum Gasteiger partial charge on any atom is 0.254 e. The van der Waals surface area contributed by atoms with E-state index in [0.717, 1.165) is 22.6 Å². The summed E-state index contributed by atoms with van der Waals surface area (Å²) in [6.07, 6.45) is 2.22. The molecule has 8 nitrogen and oxygen atoms in total. The van der Waals surface area contributed by atoms with Crippen molar-refractivity contribution in [2.24, 2.45) is 0 Å². The zero-order chi connectivity index (χ0) is 23.0. The van der Waals surface area contributed by atoms with Crippen molar-refractivity contribution in [2.75, 3.05) is 31.1 Å². The number of fused-ring (bicyclic) bond motifs is 1. The first-order chi connectivity index (χ1) is 15.9. The summed E-state index contributed by atoms with van der Waals surface area (Å²) in [5, 5.41) is 4.43. The van der Waals surface area contributed by atoms with Crippen LogP contribution in [0.3, 0.4) is 0 Å². The van der Waals surface area contributed by atoms with Gasteiger partial charge in [0.25, 0.3) is 5.78 Å². The molecular weight excluding hydrogens is 436 g/mol. The van der Waals surface area contributed by atoms with E-state index < -0.39 is 10.0 Å². The van der Waals surface area contributed by atoms with E-state index >= 15 is 0 Å². The number of aromatic nitrogens is 4. The number of rotatable bonds is 5. The molecule has 0 aliphatic carbocycles. The fourth-order valence-corrected chi connectivity index (χ4v) is 5.89. The minimum absolute atomic E-state index is 0.346. The molecule has 4 aromatic rings. The minimum atomic E-state index is -3.53. The number of hydrogen-bond acceptors (Lipinski definition) is 6. The van der Waals surface area contributed by atoms with Gasteiger partial charge in [-0.15, -0.1) is 0 Å². The van der Waals surface area contributed by atoms with Crippen LogP contribution in [0.2, 0.25) is 0 Å². The number of aryl methyl sites for hydroxylation is 2. The van der Waals surface area contributed by atoms with Crippen LogP contribution in [0.5, 0.6) is 0 Å². The lowest BCUT2D eigenvalue weighted by Gasteiger charge is -2.36. The zero-order valence-electron chi connectivity index (χ0n) is 18.7. The van der Waals surface area contributed by atoms with Gasteiger partial charge in [-0.05, 0) is 37.1 Å². The summed E-state index contributed by atoms with van der Waals surface area (Å²) in [5.41, 5.74) is 4.10. The number of sulfonamides is 1. The Morgan fingerprint density at radius 2 is 1.70 bits per heavy atom. The van der Waals surface area contributed by atoms with Gasteiger partial charge in [-0.25, -0.2) is 13.4 Å². The van der Waals surface area contributed by atoms with Gasteiger partial charge in [0, 0.05) is 43.9 Å². The first kappa shape index (κ1) is 21.5. The second-order valence-corrected chi connectivity index (χ2v) is 10.3. The van der Waals surface area contributed by atoms with Gasteiger partial charge in [-0.1, -0.05) is 42.5 Å². The molecule has 3 heterocycles. The average molecular weight is 463 g/mol. The Kier molecular flexibility index (Phi) is 5.59. The van der Waals surface area contributed by atoms with E-state index in [1.165, 1.54) is 11.9 Å². The monoisotopic (exact) mass is 462 g/mol. The number of piperazine rings is 1. The molecule has 1 aliphatic heterocycles. The second-order valence-electron chi connectivity index (χ2n) is 8.34. The molecule has 1 fully saturated rings. The summed E-state index contributed by atoms with van der Waals surface area (Å²) in [6, 6.07) is 17.3.